The first-order valence-corrected chi connectivity index (χ1v) is 5.53. The topological polar surface area (TPSA) is 44.1 Å². The van der Waals surface area contributed by atoms with Crippen LogP contribution in [0.5, 0.6) is 0 Å². The summed E-state index contributed by atoms with van der Waals surface area (Å²) in [5.41, 5.74) is -0.365. The van der Waals surface area contributed by atoms with Gasteiger partial charge < -0.3 is 4.74 Å². The quantitative estimate of drug-likeness (QED) is 0.762. The lowest BCUT2D eigenvalue weighted by molar-refractivity contribution is 0.0117. The number of aromatic nitrogens is 2. The van der Waals surface area contributed by atoms with Crippen LogP contribution in [0.4, 0.5) is 0 Å². The largest absolute Gasteiger partial charge is 0.379 e. The molecule has 0 aliphatic rings. The molecule has 0 atom stereocenters. The predicted molar refractivity (Wildman–Crippen MR) is 63.9 cm³/mol. The number of methoxy groups -OCH3 is 1. The van der Waals surface area contributed by atoms with Crippen LogP contribution in [-0.4, -0.2) is 22.3 Å². The molecular weight excluding hydrogens is 228 g/mol. The van der Waals surface area contributed by atoms with Crippen molar-refractivity contribution in [3.8, 4) is 0 Å². The molecule has 0 aliphatic heterocycles. The average Bonchev–Trinajstić information content (AvgIpc) is 2.16. The molecule has 5 heteroatoms. The number of hydrogen-bond donors (Lipinski definition) is 0. The van der Waals surface area contributed by atoms with Crippen molar-refractivity contribution in [3.05, 3.63) is 27.4 Å². The highest BCUT2D eigenvalue weighted by Crippen LogP contribution is 2.14. The molecule has 0 saturated carbocycles. The Bertz CT molecular complexity index is 426. The molecule has 1 aromatic heterocycles. The van der Waals surface area contributed by atoms with Gasteiger partial charge in [-0.2, -0.15) is 0 Å². The van der Waals surface area contributed by atoms with Crippen LogP contribution in [-0.2, 0) is 11.3 Å². The Kier molecular flexibility index (Phi) is 4.10. The third-order valence-corrected chi connectivity index (χ3v) is 2.85. The molecule has 0 aromatic carbocycles. The maximum atomic E-state index is 11.7. The molecule has 1 aromatic rings. The van der Waals surface area contributed by atoms with Crippen LogP contribution in [0.2, 0.25) is 5.15 Å². The number of nitrogens with zero attached hydrogens (tertiary/aromatic N) is 2. The van der Waals surface area contributed by atoms with Gasteiger partial charge in [0.05, 0.1) is 5.60 Å². The summed E-state index contributed by atoms with van der Waals surface area (Å²) in [7, 11) is 1.66. The molecule has 0 N–H and O–H groups in total. The van der Waals surface area contributed by atoms with Gasteiger partial charge in [0.25, 0.3) is 5.56 Å². The molecule has 0 saturated heterocycles. The second-order valence-corrected chi connectivity index (χ2v) is 4.72. The van der Waals surface area contributed by atoms with Crippen LogP contribution in [0.1, 0.15) is 26.1 Å². The van der Waals surface area contributed by atoms with Gasteiger partial charge in [0.1, 0.15) is 11.0 Å². The van der Waals surface area contributed by atoms with Crippen LogP contribution >= 0.6 is 11.6 Å². The van der Waals surface area contributed by atoms with Crippen LogP contribution in [0.3, 0.4) is 0 Å². The minimum atomic E-state index is -0.245. The fraction of sp³-hybridized carbons (Fsp3) is 0.636. The number of rotatable bonds is 4. The van der Waals surface area contributed by atoms with Gasteiger partial charge in [-0.15, -0.1) is 0 Å². The molecule has 0 fully saturated rings. The second-order valence-electron chi connectivity index (χ2n) is 4.33. The number of halogens is 1. The molecule has 1 heterocycles. The van der Waals surface area contributed by atoms with Crippen molar-refractivity contribution in [2.45, 2.75) is 39.3 Å². The van der Waals surface area contributed by atoms with Gasteiger partial charge in [0.15, 0.2) is 0 Å². The normalized spacial score (nSPS) is 11.8. The van der Waals surface area contributed by atoms with Crippen molar-refractivity contribution >= 4 is 11.6 Å². The van der Waals surface area contributed by atoms with Crippen LogP contribution in [0.15, 0.2) is 10.9 Å². The summed E-state index contributed by atoms with van der Waals surface area (Å²) in [6, 6.07) is 1.33. The standard InChI is InChI=1S/C11H17ClN2O2/c1-8-13-9(12)7-10(15)14(8)6-5-11(2,3)16-4/h7H,5-6H2,1-4H3. The lowest BCUT2D eigenvalue weighted by Crippen LogP contribution is -2.29. The van der Waals surface area contributed by atoms with Gasteiger partial charge in [-0.05, 0) is 27.2 Å². The van der Waals surface area contributed by atoms with E-state index in [0.29, 0.717) is 12.4 Å². The van der Waals surface area contributed by atoms with Gasteiger partial charge in [-0.3, -0.25) is 9.36 Å². The van der Waals surface area contributed by atoms with Crippen LogP contribution < -0.4 is 5.56 Å². The van der Waals surface area contributed by atoms with Crippen molar-refractivity contribution in [2.75, 3.05) is 7.11 Å². The lowest BCUT2D eigenvalue weighted by atomic mass is 10.1. The fourth-order valence-corrected chi connectivity index (χ4v) is 1.56. The third kappa shape index (κ3) is 3.32. The molecular formula is C11H17ClN2O2. The van der Waals surface area contributed by atoms with E-state index >= 15 is 0 Å². The lowest BCUT2D eigenvalue weighted by Gasteiger charge is -2.23. The SMILES string of the molecule is COC(C)(C)CCn1c(C)nc(Cl)cc1=O. The number of aryl methyl sites for hydroxylation is 1. The van der Waals surface area contributed by atoms with Gasteiger partial charge >= 0.3 is 0 Å². The van der Waals surface area contributed by atoms with Crippen LogP contribution in [0.25, 0.3) is 0 Å². The molecule has 0 amide bonds. The molecule has 0 bridgehead atoms. The first-order valence-electron chi connectivity index (χ1n) is 5.15. The fourth-order valence-electron chi connectivity index (χ4n) is 1.34. The zero-order valence-corrected chi connectivity index (χ0v) is 10.8. The highest BCUT2D eigenvalue weighted by molar-refractivity contribution is 6.29. The van der Waals surface area contributed by atoms with Crippen molar-refractivity contribution in [1.29, 1.82) is 0 Å². The maximum Gasteiger partial charge on any atom is 0.254 e. The molecule has 4 nitrogen and oxygen atoms in total. The Labute approximate surface area is 100 Å². The zero-order valence-electron chi connectivity index (χ0n) is 10.1. The van der Waals surface area contributed by atoms with Crippen LogP contribution in [0, 0.1) is 6.92 Å². The highest BCUT2D eigenvalue weighted by Gasteiger charge is 2.17. The molecule has 90 valence electrons. The van der Waals surface area contributed by atoms with E-state index in [9.17, 15) is 4.79 Å². The first-order chi connectivity index (χ1) is 7.35. The summed E-state index contributed by atoms with van der Waals surface area (Å²) in [6.45, 7) is 6.32. The highest BCUT2D eigenvalue weighted by atomic mass is 35.5. The maximum absolute atomic E-state index is 11.7. The summed E-state index contributed by atoms with van der Waals surface area (Å²) in [5, 5.41) is 0.241. The van der Waals surface area contributed by atoms with Crippen molar-refractivity contribution in [3.63, 3.8) is 0 Å². The minimum absolute atomic E-state index is 0.121. The Morgan fingerprint density at radius 2 is 2.19 bits per heavy atom. The Balaban J connectivity index is 2.87. The average molecular weight is 245 g/mol. The summed E-state index contributed by atoms with van der Waals surface area (Å²) in [6.07, 6.45) is 0.744. The molecule has 0 spiro atoms. The van der Waals surface area contributed by atoms with E-state index in [2.05, 4.69) is 4.98 Å². The van der Waals surface area contributed by atoms with E-state index < -0.39 is 0 Å². The van der Waals surface area contributed by atoms with Crippen molar-refractivity contribution in [2.24, 2.45) is 0 Å². The predicted octanol–water partition coefficient (Wildman–Crippen LogP) is 2.02. The van der Waals surface area contributed by atoms with E-state index in [4.69, 9.17) is 16.3 Å². The summed E-state index contributed by atoms with van der Waals surface area (Å²) < 4.78 is 6.90. The molecule has 0 radical (unpaired) electrons. The van der Waals surface area contributed by atoms with Gasteiger partial charge in [-0.1, -0.05) is 11.6 Å². The molecule has 0 aliphatic carbocycles. The smallest absolute Gasteiger partial charge is 0.254 e. The number of ether oxygens (including phenoxy) is 1. The van der Waals surface area contributed by atoms with Gasteiger partial charge in [0, 0.05) is 19.7 Å². The molecule has 1 rings (SSSR count). The zero-order chi connectivity index (χ0) is 12.3. The summed E-state index contributed by atoms with van der Waals surface area (Å²) in [5.74, 6) is 0.629. The Hall–Kier alpha value is -0.870. The van der Waals surface area contributed by atoms with Crippen molar-refractivity contribution < 1.29 is 4.74 Å². The monoisotopic (exact) mass is 244 g/mol. The summed E-state index contributed by atoms with van der Waals surface area (Å²) >= 11 is 5.69. The van der Waals surface area contributed by atoms with E-state index in [0.717, 1.165) is 6.42 Å². The van der Waals surface area contributed by atoms with Gasteiger partial charge in [-0.25, -0.2) is 4.98 Å². The second kappa shape index (κ2) is 4.97. The van der Waals surface area contributed by atoms with Gasteiger partial charge in [0.2, 0.25) is 0 Å². The Morgan fingerprint density at radius 1 is 1.56 bits per heavy atom. The van der Waals surface area contributed by atoms with E-state index in [1.807, 2.05) is 13.8 Å². The Morgan fingerprint density at radius 3 is 2.69 bits per heavy atom. The van der Waals surface area contributed by atoms with E-state index in [1.165, 1.54) is 6.07 Å². The van der Waals surface area contributed by atoms with Crippen molar-refractivity contribution in [1.82, 2.24) is 9.55 Å². The molecule has 0 unspecified atom stereocenters. The molecule has 16 heavy (non-hydrogen) atoms. The first kappa shape index (κ1) is 13.2. The van der Waals surface area contributed by atoms with E-state index in [-0.39, 0.29) is 16.3 Å². The minimum Gasteiger partial charge on any atom is -0.379 e. The number of hydrogen-bond acceptors (Lipinski definition) is 3. The third-order valence-electron chi connectivity index (χ3n) is 2.66. The van der Waals surface area contributed by atoms with E-state index in [1.54, 1.807) is 18.6 Å². The summed E-state index contributed by atoms with van der Waals surface area (Å²) in [4.78, 5) is 15.7.